The third-order valence-electron chi connectivity index (χ3n) is 5.40. The molecular formula is C23H28ClN7. The molecule has 0 unspecified atom stereocenters. The summed E-state index contributed by atoms with van der Waals surface area (Å²) in [5, 5.41) is 4.23. The Morgan fingerprint density at radius 2 is 1.90 bits per heavy atom. The van der Waals surface area contributed by atoms with Crippen LogP contribution < -0.4 is 10.2 Å². The molecule has 1 aromatic carbocycles. The number of pyridine rings is 1. The maximum atomic E-state index is 6.37. The zero-order chi connectivity index (χ0) is 21.6. The highest BCUT2D eigenvalue weighted by molar-refractivity contribution is 6.33. The van der Waals surface area contributed by atoms with Crippen LogP contribution in [0.5, 0.6) is 0 Å². The molecule has 7 nitrogen and oxygen atoms in total. The van der Waals surface area contributed by atoms with Gasteiger partial charge in [-0.2, -0.15) is 0 Å². The van der Waals surface area contributed by atoms with Crippen LogP contribution in [0.4, 0.5) is 5.69 Å². The number of guanidine groups is 1. The van der Waals surface area contributed by atoms with E-state index in [0.717, 1.165) is 66.6 Å². The highest BCUT2D eigenvalue weighted by Crippen LogP contribution is 2.26. The van der Waals surface area contributed by atoms with E-state index in [4.69, 9.17) is 16.6 Å². The van der Waals surface area contributed by atoms with E-state index in [-0.39, 0.29) is 0 Å². The molecule has 3 heterocycles. The Labute approximate surface area is 188 Å². The third-order valence-corrected chi connectivity index (χ3v) is 5.72. The van der Waals surface area contributed by atoms with Crippen LogP contribution in [0.2, 0.25) is 5.02 Å². The number of benzene rings is 1. The second-order valence-corrected chi connectivity index (χ2v) is 7.87. The molecule has 8 heteroatoms. The molecule has 4 rings (SSSR count). The normalized spacial score (nSPS) is 14.7. The van der Waals surface area contributed by atoms with Crippen molar-refractivity contribution >= 4 is 23.2 Å². The monoisotopic (exact) mass is 437 g/mol. The molecule has 162 valence electrons. The fraction of sp³-hybridized carbons (Fsp3) is 0.348. The molecule has 1 N–H and O–H groups in total. The third kappa shape index (κ3) is 4.99. The SMILES string of the molecule is CCNC(=NCc1ccc(-n2ccnc2C)nc1)N1CCN(c2ccccc2Cl)CC1. The van der Waals surface area contributed by atoms with Gasteiger partial charge in [0.15, 0.2) is 5.96 Å². The minimum Gasteiger partial charge on any atom is -0.367 e. The Morgan fingerprint density at radius 1 is 1.10 bits per heavy atom. The zero-order valence-electron chi connectivity index (χ0n) is 18.0. The second kappa shape index (κ2) is 9.83. The lowest BCUT2D eigenvalue weighted by Gasteiger charge is -2.38. The van der Waals surface area contributed by atoms with Crippen molar-refractivity contribution in [1.29, 1.82) is 0 Å². The molecule has 1 saturated heterocycles. The Kier molecular flexibility index (Phi) is 6.72. The number of para-hydroxylation sites is 1. The fourth-order valence-electron chi connectivity index (χ4n) is 3.73. The van der Waals surface area contributed by atoms with E-state index in [1.807, 2.05) is 48.1 Å². The van der Waals surface area contributed by atoms with E-state index in [0.29, 0.717) is 6.54 Å². The van der Waals surface area contributed by atoms with Gasteiger partial charge in [0.1, 0.15) is 11.6 Å². The Balaban J connectivity index is 1.40. The minimum atomic E-state index is 0.587. The number of piperazine rings is 1. The Morgan fingerprint density at radius 3 is 2.55 bits per heavy atom. The lowest BCUT2D eigenvalue weighted by molar-refractivity contribution is 0.372. The summed E-state index contributed by atoms with van der Waals surface area (Å²) in [4.78, 5) is 18.3. The number of hydrogen-bond acceptors (Lipinski definition) is 4. The van der Waals surface area contributed by atoms with E-state index in [1.165, 1.54) is 0 Å². The molecule has 0 spiro atoms. The van der Waals surface area contributed by atoms with Gasteiger partial charge in [-0.25, -0.2) is 15.0 Å². The highest BCUT2D eigenvalue weighted by atomic mass is 35.5. The largest absolute Gasteiger partial charge is 0.367 e. The molecule has 0 bridgehead atoms. The maximum Gasteiger partial charge on any atom is 0.194 e. The van der Waals surface area contributed by atoms with Crippen LogP contribution in [0, 0.1) is 6.92 Å². The summed E-state index contributed by atoms with van der Waals surface area (Å²) in [7, 11) is 0. The van der Waals surface area contributed by atoms with Crippen molar-refractivity contribution in [2.24, 2.45) is 4.99 Å². The van der Waals surface area contributed by atoms with Crippen LogP contribution in [0.1, 0.15) is 18.3 Å². The molecule has 1 aliphatic heterocycles. The van der Waals surface area contributed by atoms with Gasteiger partial charge < -0.3 is 15.1 Å². The predicted molar refractivity (Wildman–Crippen MR) is 126 cm³/mol. The van der Waals surface area contributed by atoms with Crippen molar-refractivity contribution in [3.05, 3.63) is 71.4 Å². The Hall–Kier alpha value is -3.06. The average molecular weight is 438 g/mol. The zero-order valence-corrected chi connectivity index (χ0v) is 18.8. The summed E-state index contributed by atoms with van der Waals surface area (Å²) in [5.74, 6) is 2.73. The van der Waals surface area contributed by atoms with Crippen LogP contribution in [0.15, 0.2) is 60.0 Å². The summed E-state index contributed by atoms with van der Waals surface area (Å²) in [6.07, 6.45) is 5.58. The first-order chi connectivity index (χ1) is 15.2. The summed E-state index contributed by atoms with van der Waals surface area (Å²) in [5.41, 5.74) is 2.18. The van der Waals surface area contributed by atoms with E-state index in [9.17, 15) is 0 Å². The topological polar surface area (TPSA) is 61.6 Å². The number of nitrogens with zero attached hydrogens (tertiary/aromatic N) is 6. The van der Waals surface area contributed by atoms with E-state index in [1.54, 1.807) is 6.20 Å². The van der Waals surface area contributed by atoms with E-state index in [2.05, 4.69) is 44.1 Å². The van der Waals surface area contributed by atoms with Gasteiger partial charge in [0.05, 0.1) is 17.3 Å². The van der Waals surface area contributed by atoms with Crippen LogP contribution in [0.25, 0.3) is 5.82 Å². The minimum absolute atomic E-state index is 0.587. The highest BCUT2D eigenvalue weighted by Gasteiger charge is 2.21. The van der Waals surface area contributed by atoms with Crippen molar-refractivity contribution in [1.82, 2.24) is 24.8 Å². The van der Waals surface area contributed by atoms with Gasteiger partial charge in [0, 0.05) is 51.3 Å². The first-order valence-electron chi connectivity index (χ1n) is 10.6. The molecule has 0 aliphatic carbocycles. The van der Waals surface area contributed by atoms with Gasteiger partial charge in [0.2, 0.25) is 0 Å². The lowest BCUT2D eigenvalue weighted by Crippen LogP contribution is -2.52. The summed E-state index contributed by atoms with van der Waals surface area (Å²) < 4.78 is 1.97. The number of hydrogen-bond donors (Lipinski definition) is 1. The molecular weight excluding hydrogens is 410 g/mol. The number of aryl methyl sites for hydroxylation is 1. The van der Waals surface area contributed by atoms with Crippen LogP contribution in [-0.2, 0) is 6.54 Å². The standard InChI is InChI=1S/C23H28ClN7/c1-3-25-23(30-14-12-29(13-15-30)21-7-5-4-6-20(21)24)28-17-19-8-9-22(27-16-19)31-11-10-26-18(31)2/h4-11,16H,3,12-15,17H2,1-2H3,(H,25,28). The van der Waals surface area contributed by atoms with Crippen molar-refractivity contribution < 1.29 is 0 Å². The fourth-order valence-corrected chi connectivity index (χ4v) is 3.99. The smallest absolute Gasteiger partial charge is 0.194 e. The molecule has 3 aromatic rings. The number of nitrogens with one attached hydrogen (secondary N) is 1. The van der Waals surface area contributed by atoms with Gasteiger partial charge in [0.25, 0.3) is 0 Å². The van der Waals surface area contributed by atoms with Crippen LogP contribution in [-0.4, -0.2) is 58.1 Å². The molecule has 0 atom stereocenters. The summed E-state index contributed by atoms with van der Waals surface area (Å²) >= 11 is 6.37. The molecule has 2 aromatic heterocycles. The molecule has 0 saturated carbocycles. The van der Waals surface area contributed by atoms with Crippen LogP contribution in [0.3, 0.4) is 0 Å². The number of anilines is 1. The number of imidazole rings is 1. The first kappa shape index (κ1) is 21.2. The van der Waals surface area contributed by atoms with Gasteiger partial charge in [-0.15, -0.1) is 0 Å². The summed E-state index contributed by atoms with van der Waals surface area (Å²) in [6.45, 7) is 9.10. The number of rotatable bonds is 5. The van der Waals surface area contributed by atoms with E-state index >= 15 is 0 Å². The quantitative estimate of drug-likeness (QED) is 0.489. The van der Waals surface area contributed by atoms with Gasteiger partial charge in [-0.1, -0.05) is 29.8 Å². The number of halogens is 1. The second-order valence-electron chi connectivity index (χ2n) is 7.46. The molecule has 31 heavy (non-hydrogen) atoms. The summed E-state index contributed by atoms with van der Waals surface area (Å²) in [6, 6.07) is 12.1. The van der Waals surface area contributed by atoms with Crippen molar-refractivity contribution in [2.75, 3.05) is 37.6 Å². The van der Waals surface area contributed by atoms with Crippen molar-refractivity contribution in [3.63, 3.8) is 0 Å². The maximum absolute atomic E-state index is 6.37. The van der Waals surface area contributed by atoms with Gasteiger partial charge in [-0.3, -0.25) is 4.57 Å². The molecule has 1 fully saturated rings. The van der Waals surface area contributed by atoms with E-state index < -0.39 is 0 Å². The average Bonchev–Trinajstić information content (AvgIpc) is 3.23. The van der Waals surface area contributed by atoms with Crippen molar-refractivity contribution in [3.8, 4) is 5.82 Å². The van der Waals surface area contributed by atoms with Crippen molar-refractivity contribution in [2.45, 2.75) is 20.4 Å². The first-order valence-corrected chi connectivity index (χ1v) is 11.0. The van der Waals surface area contributed by atoms with Gasteiger partial charge >= 0.3 is 0 Å². The Bertz CT molecular complexity index is 1020. The number of aliphatic imine (C=N–C) groups is 1. The predicted octanol–water partition coefficient (Wildman–Crippen LogP) is 3.52. The lowest BCUT2D eigenvalue weighted by atomic mass is 10.2. The molecule has 0 amide bonds. The molecule has 1 aliphatic rings. The number of aromatic nitrogens is 3. The molecule has 0 radical (unpaired) electrons. The van der Waals surface area contributed by atoms with Crippen LogP contribution >= 0.6 is 11.6 Å². The van der Waals surface area contributed by atoms with Gasteiger partial charge in [-0.05, 0) is 37.6 Å².